The molecule has 0 heterocycles. The van der Waals surface area contributed by atoms with Gasteiger partial charge in [-0.25, -0.2) is 0 Å². The van der Waals surface area contributed by atoms with E-state index in [9.17, 15) is 0 Å². The third kappa shape index (κ3) is 8.94. The second-order valence-electron chi connectivity index (χ2n) is 17.4. The fourth-order valence-electron chi connectivity index (χ4n) is 6.50. The molecule has 0 radical (unpaired) electrons. The summed E-state index contributed by atoms with van der Waals surface area (Å²) in [6.07, 6.45) is 12.1. The lowest BCUT2D eigenvalue weighted by Gasteiger charge is -2.33. The molecule has 1 aliphatic rings. The topological polar surface area (TPSA) is 0 Å². The van der Waals surface area contributed by atoms with Crippen LogP contribution in [-0.4, -0.2) is 5.17 Å². The maximum absolute atomic E-state index is 4.01. The minimum atomic E-state index is 0.0696. The Morgan fingerprint density at radius 1 is 0.548 bits per heavy atom. The quantitative estimate of drug-likeness (QED) is 0.299. The number of benzene rings is 2. The zero-order valence-electron chi connectivity index (χ0n) is 29.6. The highest BCUT2D eigenvalue weighted by atomic mass is 31.1. The van der Waals surface area contributed by atoms with Crippen molar-refractivity contribution in [2.45, 2.75) is 175 Å². The summed E-state index contributed by atoms with van der Waals surface area (Å²) in [5.74, 6) is 0. The van der Waals surface area contributed by atoms with E-state index in [1.54, 1.807) is 11.1 Å². The van der Waals surface area contributed by atoms with E-state index < -0.39 is 0 Å². The summed E-state index contributed by atoms with van der Waals surface area (Å²) in [6, 6.07) is 12.2. The fourth-order valence-corrected chi connectivity index (χ4v) is 9.54. The molecule has 0 saturated heterocycles. The Morgan fingerprint density at radius 3 is 1.31 bits per heavy atom. The highest BCUT2D eigenvalue weighted by Gasteiger charge is 2.31. The molecular formula is C40H62P2. The molecule has 0 aromatic heterocycles. The molecular weight excluding hydrogens is 542 g/mol. The molecule has 0 spiro atoms. The van der Waals surface area contributed by atoms with Crippen LogP contribution in [0.1, 0.15) is 176 Å². The minimum absolute atomic E-state index is 0.0696. The Morgan fingerprint density at radius 2 is 0.929 bits per heavy atom. The predicted octanol–water partition coefficient (Wildman–Crippen LogP) is 12.1. The molecule has 0 nitrogen and oxygen atoms in total. The van der Waals surface area contributed by atoms with Crippen LogP contribution < -0.4 is 10.6 Å². The van der Waals surface area contributed by atoms with Gasteiger partial charge in [0, 0.05) is 10.6 Å². The van der Waals surface area contributed by atoms with Gasteiger partial charge in [0.2, 0.25) is 0 Å². The van der Waals surface area contributed by atoms with Crippen LogP contribution >= 0.6 is 16.4 Å². The molecule has 0 unspecified atom stereocenters. The zero-order chi connectivity index (χ0) is 31.6. The lowest BCUT2D eigenvalue weighted by Crippen LogP contribution is -2.30. The van der Waals surface area contributed by atoms with Crippen LogP contribution in [0.15, 0.2) is 30.3 Å². The van der Waals surface area contributed by atoms with E-state index >= 15 is 0 Å². The highest BCUT2D eigenvalue weighted by Crippen LogP contribution is 2.38. The van der Waals surface area contributed by atoms with Gasteiger partial charge >= 0.3 is 0 Å². The number of hydrogen-bond donors (Lipinski definition) is 0. The van der Waals surface area contributed by atoms with Gasteiger partial charge in [-0.1, -0.05) is 170 Å². The van der Waals surface area contributed by atoms with E-state index in [4.69, 9.17) is 0 Å². The van der Waals surface area contributed by atoms with Crippen molar-refractivity contribution in [2.75, 3.05) is 0 Å². The molecule has 2 heteroatoms. The molecule has 2 bridgehead atoms. The smallest absolute Gasteiger partial charge is 0.0175 e. The molecule has 1 aliphatic carbocycles. The van der Waals surface area contributed by atoms with E-state index in [1.807, 2.05) is 0 Å². The maximum atomic E-state index is 4.01. The van der Waals surface area contributed by atoms with Crippen molar-refractivity contribution in [3.8, 4) is 0 Å². The van der Waals surface area contributed by atoms with Crippen LogP contribution in [-0.2, 0) is 27.1 Å². The van der Waals surface area contributed by atoms with Crippen LogP contribution in [0.3, 0.4) is 0 Å². The Hall–Kier alpha value is -1.18. The van der Waals surface area contributed by atoms with Gasteiger partial charge in [-0.15, -0.1) is 0 Å². The first-order valence-electron chi connectivity index (χ1n) is 16.8. The lowest BCUT2D eigenvalue weighted by atomic mass is 9.74. The zero-order valence-corrected chi connectivity index (χ0v) is 31.4. The number of fused-ring (bicyclic) bond motifs is 2. The molecule has 0 aliphatic heterocycles. The van der Waals surface area contributed by atoms with Gasteiger partial charge in [0.05, 0.1) is 0 Å². The first kappa shape index (κ1) is 35.3. The Balaban J connectivity index is 2.29. The van der Waals surface area contributed by atoms with Gasteiger partial charge < -0.3 is 0 Å². The first-order chi connectivity index (χ1) is 19.2. The molecule has 0 amide bonds. The van der Waals surface area contributed by atoms with Crippen molar-refractivity contribution in [2.24, 2.45) is 0 Å². The Bertz CT molecular complexity index is 1200. The Labute approximate surface area is 264 Å². The van der Waals surface area contributed by atoms with Crippen molar-refractivity contribution >= 4 is 32.2 Å². The summed E-state index contributed by atoms with van der Waals surface area (Å²) >= 11 is 0. The standard InChI is InChI=1S/C40H62P2/c1-36(2,3)29-26-32(37(4,5)6)35(33(27-29)38(7,8)9)42-28-41-34-30-22-21-23-31(34)40(12,13)25-20-18-16-14-15-17-19-24-39(30,10)11/h21-23,26-27H,14-20,24-25H2,1-13H3. The molecule has 0 atom stereocenters. The van der Waals surface area contributed by atoms with E-state index in [1.165, 1.54) is 101 Å². The summed E-state index contributed by atoms with van der Waals surface area (Å²) in [6.45, 7) is 31.3. The van der Waals surface area contributed by atoms with Crippen molar-refractivity contribution in [3.63, 3.8) is 0 Å². The summed E-state index contributed by atoms with van der Waals surface area (Å²) in [7, 11) is 2.45. The van der Waals surface area contributed by atoms with E-state index in [2.05, 4.69) is 126 Å². The highest BCUT2D eigenvalue weighted by molar-refractivity contribution is 7.62. The fraction of sp³-hybridized carbons (Fsp3) is 0.675. The first-order valence-corrected chi connectivity index (χ1v) is 18.5. The average Bonchev–Trinajstić information content (AvgIpc) is 2.85. The lowest BCUT2D eigenvalue weighted by molar-refractivity contribution is 0.422. The summed E-state index contributed by atoms with van der Waals surface area (Å²) in [5.41, 5.74) is 8.08. The molecule has 2 aromatic carbocycles. The van der Waals surface area contributed by atoms with Gasteiger partial charge in [-0.05, 0) is 84.1 Å². The second kappa shape index (κ2) is 13.4. The molecule has 232 valence electrons. The van der Waals surface area contributed by atoms with E-state index in [0.29, 0.717) is 0 Å². The molecule has 0 N–H and O–H groups in total. The van der Waals surface area contributed by atoms with Crippen LogP contribution in [0.25, 0.3) is 0 Å². The van der Waals surface area contributed by atoms with Gasteiger partial charge in [-0.3, -0.25) is 0 Å². The van der Waals surface area contributed by atoms with Crippen molar-refractivity contribution in [1.82, 2.24) is 0 Å². The van der Waals surface area contributed by atoms with E-state index in [-0.39, 0.29) is 27.1 Å². The van der Waals surface area contributed by atoms with Gasteiger partial charge in [0.1, 0.15) is 0 Å². The molecule has 42 heavy (non-hydrogen) atoms. The van der Waals surface area contributed by atoms with Crippen LogP contribution in [0.4, 0.5) is 0 Å². The van der Waals surface area contributed by atoms with Crippen molar-refractivity contribution in [3.05, 3.63) is 58.1 Å². The predicted molar refractivity (Wildman–Crippen MR) is 195 cm³/mol. The van der Waals surface area contributed by atoms with Crippen LogP contribution in [0.5, 0.6) is 0 Å². The van der Waals surface area contributed by atoms with E-state index in [0.717, 1.165) is 0 Å². The Kier molecular flexibility index (Phi) is 11.3. The maximum Gasteiger partial charge on any atom is 0.0175 e. The molecule has 0 saturated carbocycles. The summed E-state index contributed by atoms with van der Waals surface area (Å²) in [4.78, 5) is 0. The monoisotopic (exact) mass is 604 g/mol. The summed E-state index contributed by atoms with van der Waals surface area (Å²) in [5, 5.41) is 7.00. The molecule has 3 rings (SSSR count). The largest absolute Gasteiger partial charge is 0.0616 e. The van der Waals surface area contributed by atoms with Crippen LogP contribution in [0, 0.1) is 0 Å². The van der Waals surface area contributed by atoms with Gasteiger partial charge in [-0.2, -0.15) is 0 Å². The second-order valence-corrected chi connectivity index (χ2v) is 19.6. The summed E-state index contributed by atoms with van der Waals surface area (Å²) < 4.78 is 0. The third-order valence-corrected chi connectivity index (χ3v) is 11.7. The van der Waals surface area contributed by atoms with Crippen LogP contribution in [0.2, 0.25) is 0 Å². The average molecular weight is 605 g/mol. The molecule has 0 fully saturated rings. The van der Waals surface area contributed by atoms with Crippen molar-refractivity contribution < 1.29 is 0 Å². The van der Waals surface area contributed by atoms with Gasteiger partial charge in [0.15, 0.2) is 0 Å². The third-order valence-electron chi connectivity index (χ3n) is 9.51. The normalized spacial score (nSPS) is 18.9. The molecule has 2 aromatic rings. The van der Waals surface area contributed by atoms with Crippen molar-refractivity contribution in [1.29, 1.82) is 0 Å². The number of hydrogen-bond acceptors (Lipinski definition) is 0. The SMILES string of the molecule is CC(C)(C)c1cc(C(C)(C)C)c(P=C=Pc2c3cccc2C(C)(C)CCCCCCCCCC3(C)C)c(C(C)(C)C)c1. The number of rotatable bonds is 2. The minimum Gasteiger partial charge on any atom is -0.0616 e. The van der Waals surface area contributed by atoms with Gasteiger partial charge in [0.25, 0.3) is 0 Å².